The minimum Gasteiger partial charge on any atom is -0.369 e. The number of nitrogens with zero attached hydrogens (tertiary/aromatic N) is 3. The normalized spacial score (nSPS) is 12.1. The third-order valence-electron chi connectivity index (χ3n) is 2.58. The highest BCUT2D eigenvalue weighted by molar-refractivity contribution is 5.51. The fourth-order valence-electron chi connectivity index (χ4n) is 1.67. The number of fused-ring (bicyclic) bond motifs is 1. The lowest BCUT2D eigenvalue weighted by molar-refractivity contribution is -0.141. The molecule has 0 saturated heterocycles. The Balaban J connectivity index is 2.56. The standard InChI is InChI=1S/C11H14F3N5/c1-2-7-5-10-17-8(11(12,13)14)6-9(16-4-3-15)19(10)18-7/h5-6,16H,2-4,15H2,1H3. The first-order valence-electron chi connectivity index (χ1n) is 5.86. The molecule has 0 aliphatic heterocycles. The number of nitrogens with two attached hydrogens (primary N) is 1. The number of aromatic nitrogens is 3. The average Bonchev–Trinajstić information content (AvgIpc) is 2.77. The molecule has 19 heavy (non-hydrogen) atoms. The van der Waals surface area contributed by atoms with E-state index < -0.39 is 11.9 Å². The molecule has 0 saturated carbocycles. The summed E-state index contributed by atoms with van der Waals surface area (Å²) in [4.78, 5) is 3.59. The van der Waals surface area contributed by atoms with Crippen molar-refractivity contribution < 1.29 is 13.2 Å². The molecule has 0 amide bonds. The Morgan fingerprint density at radius 3 is 2.68 bits per heavy atom. The van der Waals surface area contributed by atoms with Crippen LogP contribution in [0, 0.1) is 0 Å². The molecule has 0 unspecified atom stereocenters. The van der Waals surface area contributed by atoms with Gasteiger partial charge in [0.25, 0.3) is 0 Å². The quantitative estimate of drug-likeness (QED) is 0.889. The maximum atomic E-state index is 12.8. The highest BCUT2D eigenvalue weighted by atomic mass is 19.4. The SMILES string of the molecule is CCc1cc2nc(C(F)(F)F)cc(NCCN)n2n1. The predicted molar refractivity (Wildman–Crippen MR) is 64.9 cm³/mol. The third-order valence-corrected chi connectivity index (χ3v) is 2.58. The first-order chi connectivity index (χ1) is 8.95. The van der Waals surface area contributed by atoms with Crippen molar-refractivity contribution in [2.75, 3.05) is 18.4 Å². The number of rotatable bonds is 4. The average molecular weight is 273 g/mol. The summed E-state index contributed by atoms with van der Waals surface area (Å²) >= 11 is 0. The van der Waals surface area contributed by atoms with Crippen molar-refractivity contribution in [2.24, 2.45) is 5.73 Å². The van der Waals surface area contributed by atoms with Gasteiger partial charge in [0, 0.05) is 25.2 Å². The van der Waals surface area contributed by atoms with Crippen molar-refractivity contribution in [3.8, 4) is 0 Å². The van der Waals surface area contributed by atoms with Gasteiger partial charge in [-0.1, -0.05) is 6.92 Å². The molecule has 0 atom stereocenters. The molecular weight excluding hydrogens is 259 g/mol. The van der Waals surface area contributed by atoms with Gasteiger partial charge in [-0.25, -0.2) is 4.98 Å². The van der Waals surface area contributed by atoms with E-state index in [-0.39, 0.29) is 11.5 Å². The van der Waals surface area contributed by atoms with Crippen LogP contribution in [0.1, 0.15) is 18.3 Å². The van der Waals surface area contributed by atoms with E-state index in [4.69, 9.17) is 5.73 Å². The van der Waals surface area contributed by atoms with Crippen LogP contribution in [0.3, 0.4) is 0 Å². The lowest BCUT2D eigenvalue weighted by Crippen LogP contribution is -2.17. The highest BCUT2D eigenvalue weighted by Crippen LogP contribution is 2.30. The summed E-state index contributed by atoms with van der Waals surface area (Å²) in [7, 11) is 0. The van der Waals surface area contributed by atoms with Crippen LogP contribution in [0.15, 0.2) is 12.1 Å². The third kappa shape index (κ3) is 2.78. The van der Waals surface area contributed by atoms with E-state index >= 15 is 0 Å². The van der Waals surface area contributed by atoms with Crippen molar-refractivity contribution in [1.82, 2.24) is 14.6 Å². The van der Waals surface area contributed by atoms with Crippen molar-refractivity contribution in [3.63, 3.8) is 0 Å². The number of alkyl halides is 3. The smallest absolute Gasteiger partial charge is 0.369 e. The molecule has 5 nitrogen and oxygen atoms in total. The van der Waals surface area contributed by atoms with Gasteiger partial charge in [-0.05, 0) is 6.42 Å². The summed E-state index contributed by atoms with van der Waals surface area (Å²) in [6.45, 7) is 2.55. The monoisotopic (exact) mass is 273 g/mol. The van der Waals surface area contributed by atoms with Gasteiger partial charge in [-0.2, -0.15) is 22.8 Å². The number of halogens is 3. The fraction of sp³-hybridized carbons (Fsp3) is 0.455. The van der Waals surface area contributed by atoms with Gasteiger partial charge >= 0.3 is 6.18 Å². The minimum absolute atomic E-state index is 0.172. The van der Waals surface area contributed by atoms with Crippen LogP contribution in [-0.2, 0) is 12.6 Å². The zero-order chi connectivity index (χ0) is 14.0. The molecule has 0 radical (unpaired) electrons. The minimum atomic E-state index is -4.49. The Labute approximate surface area is 107 Å². The zero-order valence-corrected chi connectivity index (χ0v) is 10.3. The van der Waals surface area contributed by atoms with E-state index in [1.165, 1.54) is 4.52 Å². The molecule has 2 aromatic rings. The van der Waals surface area contributed by atoms with Gasteiger partial charge in [0.05, 0.1) is 5.69 Å². The van der Waals surface area contributed by atoms with Crippen LogP contribution in [0.5, 0.6) is 0 Å². The number of hydrogen-bond acceptors (Lipinski definition) is 4. The van der Waals surface area contributed by atoms with E-state index in [0.29, 0.717) is 25.2 Å². The zero-order valence-electron chi connectivity index (χ0n) is 10.3. The Hall–Kier alpha value is -1.83. The molecule has 2 rings (SSSR count). The maximum absolute atomic E-state index is 12.8. The summed E-state index contributed by atoms with van der Waals surface area (Å²) in [5.41, 5.74) is 5.26. The van der Waals surface area contributed by atoms with E-state index in [1.54, 1.807) is 6.07 Å². The first-order valence-corrected chi connectivity index (χ1v) is 5.86. The summed E-state index contributed by atoms with van der Waals surface area (Å²) in [5, 5.41) is 7.01. The lowest BCUT2D eigenvalue weighted by Gasteiger charge is -2.11. The molecule has 0 aliphatic rings. The van der Waals surface area contributed by atoms with E-state index in [0.717, 1.165) is 6.07 Å². The number of nitrogens with one attached hydrogen (secondary N) is 1. The van der Waals surface area contributed by atoms with Gasteiger partial charge in [0.2, 0.25) is 0 Å². The van der Waals surface area contributed by atoms with Crippen LogP contribution < -0.4 is 11.1 Å². The van der Waals surface area contributed by atoms with Gasteiger partial charge in [-0.3, -0.25) is 0 Å². The molecule has 0 aliphatic carbocycles. The van der Waals surface area contributed by atoms with Gasteiger partial charge in [-0.15, -0.1) is 0 Å². The van der Waals surface area contributed by atoms with Crippen molar-refractivity contribution in [3.05, 3.63) is 23.5 Å². The van der Waals surface area contributed by atoms with Crippen molar-refractivity contribution in [2.45, 2.75) is 19.5 Å². The van der Waals surface area contributed by atoms with Crippen LogP contribution in [-0.4, -0.2) is 27.7 Å². The topological polar surface area (TPSA) is 68.2 Å². The first kappa shape index (κ1) is 13.6. The Kier molecular flexibility index (Phi) is 3.61. The molecule has 8 heteroatoms. The molecule has 3 N–H and O–H groups in total. The molecule has 0 aromatic carbocycles. The second-order valence-electron chi connectivity index (χ2n) is 4.00. The summed E-state index contributed by atoms with van der Waals surface area (Å²) < 4.78 is 39.7. The highest BCUT2D eigenvalue weighted by Gasteiger charge is 2.33. The fourth-order valence-corrected chi connectivity index (χ4v) is 1.67. The Bertz CT molecular complexity index is 575. The molecule has 0 spiro atoms. The van der Waals surface area contributed by atoms with Crippen molar-refractivity contribution in [1.29, 1.82) is 0 Å². The van der Waals surface area contributed by atoms with Crippen LogP contribution in [0.2, 0.25) is 0 Å². The van der Waals surface area contributed by atoms with Crippen molar-refractivity contribution >= 4 is 11.5 Å². The van der Waals surface area contributed by atoms with Gasteiger partial charge in [0.1, 0.15) is 5.82 Å². The second kappa shape index (κ2) is 5.04. The largest absolute Gasteiger partial charge is 0.433 e. The summed E-state index contributed by atoms with van der Waals surface area (Å²) in [6.07, 6.45) is -3.86. The molecular formula is C11H14F3N5. The number of aryl methyl sites for hydroxylation is 1. The number of anilines is 1. The molecule has 104 valence electrons. The van der Waals surface area contributed by atoms with Gasteiger partial charge in [0.15, 0.2) is 11.3 Å². The lowest BCUT2D eigenvalue weighted by atomic mass is 10.3. The molecule has 2 heterocycles. The van der Waals surface area contributed by atoms with Crippen LogP contribution >= 0.6 is 0 Å². The Morgan fingerprint density at radius 1 is 1.37 bits per heavy atom. The van der Waals surface area contributed by atoms with E-state index in [2.05, 4.69) is 15.4 Å². The number of hydrogen-bond donors (Lipinski definition) is 2. The molecule has 2 aromatic heterocycles. The maximum Gasteiger partial charge on any atom is 0.433 e. The van der Waals surface area contributed by atoms with E-state index in [9.17, 15) is 13.2 Å². The summed E-state index contributed by atoms with van der Waals surface area (Å²) in [6, 6.07) is 2.48. The van der Waals surface area contributed by atoms with Crippen LogP contribution in [0.4, 0.5) is 19.0 Å². The summed E-state index contributed by atoms with van der Waals surface area (Å²) in [5.74, 6) is 0.238. The predicted octanol–water partition coefficient (Wildman–Crippen LogP) is 1.68. The molecule has 0 fully saturated rings. The Morgan fingerprint density at radius 2 is 2.11 bits per heavy atom. The van der Waals surface area contributed by atoms with Crippen LogP contribution in [0.25, 0.3) is 5.65 Å². The van der Waals surface area contributed by atoms with Gasteiger partial charge < -0.3 is 11.1 Å². The van der Waals surface area contributed by atoms with E-state index in [1.807, 2.05) is 6.92 Å². The second-order valence-corrected chi connectivity index (χ2v) is 4.00. The molecule has 0 bridgehead atoms.